The number of hydrogen-bond acceptors (Lipinski definition) is 0. The predicted octanol–water partition coefficient (Wildman–Crippen LogP) is -1.15. The van der Waals surface area contributed by atoms with Gasteiger partial charge in [-0.05, 0) is 0 Å². The van der Waals surface area contributed by atoms with E-state index in [-0.39, 0.29) is 96.0 Å². The van der Waals surface area contributed by atoms with Crippen LogP contribution >= 0.6 is 0 Å². The molecule has 0 aliphatic heterocycles. The van der Waals surface area contributed by atoms with Crippen molar-refractivity contribution in [1.82, 2.24) is 0 Å². The maximum Gasteiger partial charge on any atom is 3.00 e. The maximum absolute atomic E-state index is 0. The second-order valence-corrected chi connectivity index (χ2v) is 0. The minimum atomic E-state index is 0. The zero-order chi connectivity index (χ0) is 0. The Morgan fingerprint density at radius 3 is 0.400 bits per heavy atom. The van der Waals surface area contributed by atoms with E-state index in [1.165, 1.54) is 0 Å². The van der Waals surface area contributed by atoms with Crippen molar-refractivity contribution in [1.29, 1.82) is 0 Å². The van der Waals surface area contributed by atoms with E-state index in [4.69, 9.17) is 0 Å². The molecule has 0 saturated heterocycles. The van der Waals surface area contributed by atoms with Crippen LogP contribution in [0.4, 0.5) is 0 Å². The molecular weight excluding hydrogens is 631 g/mol. The van der Waals surface area contributed by atoms with E-state index in [9.17, 15) is 0 Å². The summed E-state index contributed by atoms with van der Waals surface area (Å²) in [6.45, 7) is 0. The summed E-state index contributed by atoms with van der Waals surface area (Å²) in [5, 5.41) is 0. The van der Waals surface area contributed by atoms with E-state index in [1.54, 1.807) is 0 Å². The Hall–Kier alpha value is 3.04. The average Bonchev–Trinajstić information content (AvgIpc) is 0. The van der Waals surface area contributed by atoms with Crippen LogP contribution in [0.3, 0.4) is 0 Å². The Balaban J connectivity index is 0. The molecule has 0 fully saturated rings. The third-order valence-corrected chi connectivity index (χ3v) is 0. The molecule has 0 rings (SSSR count). The Morgan fingerprint density at radius 2 is 0.400 bits per heavy atom. The molecule has 0 aromatic heterocycles. The molecule has 0 unspecified atom stereocenters. The van der Waals surface area contributed by atoms with Crippen LogP contribution in [0.25, 0.3) is 0 Å². The Bertz CT molecular complexity index is 4.85. The second-order valence-electron chi connectivity index (χ2n) is 0. The molecule has 0 atom stereocenters. The van der Waals surface area contributed by atoms with Crippen molar-refractivity contribution in [2.24, 2.45) is 0 Å². The summed E-state index contributed by atoms with van der Waals surface area (Å²) >= 11 is 0. The molecule has 0 aliphatic carbocycles. The van der Waals surface area contributed by atoms with E-state index in [0.717, 1.165) is 0 Å². The van der Waals surface area contributed by atoms with Crippen LogP contribution in [-0.4, -0.2) is 51.2 Å². The molecule has 0 aromatic rings. The van der Waals surface area contributed by atoms with Gasteiger partial charge in [-0.25, -0.2) is 0 Å². The van der Waals surface area contributed by atoms with Crippen molar-refractivity contribution in [2.45, 2.75) is 0 Å². The van der Waals surface area contributed by atoms with E-state index in [2.05, 4.69) is 0 Å². The molecule has 5 heavy (non-hydrogen) atoms. The topological polar surface area (TPSA) is 0 Å². The summed E-state index contributed by atoms with van der Waals surface area (Å²) < 4.78 is 0. The molecule has 0 heterocycles. The first-order valence-electron chi connectivity index (χ1n) is 0. The van der Waals surface area contributed by atoms with E-state index in [0.29, 0.717) is 0 Å². The molecule has 0 aromatic carbocycles. The summed E-state index contributed by atoms with van der Waals surface area (Å²) in [4.78, 5) is 0. The molecule has 0 saturated carbocycles. The van der Waals surface area contributed by atoms with Gasteiger partial charge in [0, 0.05) is 0 Å². The van der Waals surface area contributed by atoms with Crippen LogP contribution in [0.5, 0.6) is 0 Å². The molecule has 0 amide bonds. The average molecular weight is 631 g/mol. The first-order valence-corrected chi connectivity index (χ1v) is 0. The van der Waals surface area contributed by atoms with E-state index < -0.39 is 0 Å². The molecule has 0 N–H and O–H groups in total. The Morgan fingerprint density at radius 1 is 0.400 bits per heavy atom. The van der Waals surface area contributed by atoms with Crippen molar-refractivity contribution < 1.29 is 44.8 Å². The third kappa shape index (κ3) is 19.4. The van der Waals surface area contributed by atoms with Crippen LogP contribution in [0, 0.1) is 0 Å². The van der Waals surface area contributed by atoms with Gasteiger partial charge in [0.2, 0.25) is 0 Å². The van der Waals surface area contributed by atoms with Gasteiger partial charge in [-0.2, -0.15) is 0 Å². The van der Waals surface area contributed by atoms with Crippen LogP contribution in [0.1, 0.15) is 0 Å². The summed E-state index contributed by atoms with van der Waals surface area (Å²) in [6.07, 6.45) is 0. The van der Waals surface area contributed by atoms with E-state index >= 15 is 0 Å². The summed E-state index contributed by atoms with van der Waals surface area (Å²) in [5.74, 6) is 0. The zero-order valence-electron chi connectivity index (χ0n) is 1.83. The molecule has 5 heteroatoms. The van der Waals surface area contributed by atoms with Gasteiger partial charge in [0.15, 0.2) is 0 Å². The molecule has 0 radical (unpaired) electrons. The minimum absolute atomic E-state index is 0. The molecule has 0 aliphatic rings. The van der Waals surface area contributed by atoms with Crippen LogP contribution in [0.15, 0.2) is 0 Å². The third-order valence-electron chi connectivity index (χ3n) is 0. The largest absolute Gasteiger partial charge is 3.00 e. The van der Waals surface area contributed by atoms with Crippen molar-refractivity contribution >= 4 is 51.2 Å². The fourth-order valence-corrected chi connectivity index (χ4v) is 0. The van der Waals surface area contributed by atoms with Crippen LogP contribution in [-0.2, 0) is 44.8 Å². The van der Waals surface area contributed by atoms with Gasteiger partial charge in [0.05, 0.1) is 0 Å². The van der Waals surface area contributed by atoms with Gasteiger partial charge >= 0.3 is 44.8 Å². The normalized spacial score (nSPS) is 0. The zero-order valence-corrected chi connectivity index (χ0v) is 11.3. The standard InChI is InChI=1S/2Au.3Se/q2*+3;3*-2. The van der Waals surface area contributed by atoms with Gasteiger partial charge in [-0.3, -0.25) is 0 Å². The molecule has 0 spiro atoms. The van der Waals surface area contributed by atoms with Crippen LogP contribution < -0.4 is 0 Å². The maximum atomic E-state index is 0. The SMILES string of the molecule is [Au+3].[Au+3].[Se-2].[Se-2].[Se-2]. The first-order chi connectivity index (χ1) is 0. The molecule has 0 nitrogen and oxygen atoms in total. The summed E-state index contributed by atoms with van der Waals surface area (Å²) in [7, 11) is 0. The molecule has 0 bridgehead atoms. The predicted molar refractivity (Wildman–Crippen MR) is 17.3 cm³/mol. The van der Waals surface area contributed by atoms with Crippen molar-refractivity contribution in [2.75, 3.05) is 0 Å². The van der Waals surface area contributed by atoms with Crippen molar-refractivity contribution in [3.05, 3.63) is 0 Å². The number of hydrogen-bond donors (Lipinski definition) is 0. The molecular formula is Au2Se3. The number of rotatable bonds is 0. The van der Waals surface area contributed by atoms with Crippen molar-refractivity contribution in [3.63, 3.8) is 0 Å². The van der Waals surface area contributed by atoms with Gasteiger partial charge in [0.1, 0.15) is 0 Å². The van der Waals surface area contributed by atoms with Gasteiger partial charge in [-0.15, -0.1) is 0 Å². The summed E-state index contributed by atoms with van der Waals surface area (Å²) in [6, 6.07) is 0. The quantitative estimate of drug-likeness (QED) is 0.297. The van der Waals surface area contributed by atoms with Crippen molar-refractivity contribution in [3.8, 4) is 0 Å². The van der Waals surface area contributed by atoms with Gasteiger partial charge < -0.3 is 51.2 Å². The first kappa shape index (κ1) is 43.1. The minimum Gasteiger partial charge on any atom is -2.00 e. The fraction of sp³-hybridized carbons (Fsp3) is 0. The summed E-state index contributed by atoms with van der Waals surface area (Å²) in [5.41, 5.74) is 0. The smallest absolute Gasteiger partial charge is 2.00 e. The molecule has 40 valence electrons. The Labute approximate surface area is 94.4 Å². The Kier molecular flexibility index (Phi) is 240. The monoisotopic (exact) mass is 634 g/mol. The second kappa shape index (κ2) is 27.8. The van der Waals surface area contributed by atoms with E-state index in [1.807, 2.05) is 0 Å². The fourth-order valence-electron chi connectivity index (χ4n) is 0. The van der Waals surface area contributed by atoms with Crippen LogP contribution in [0.2, 0.25) is 0 Å². The van der Waals surface area contributed by atoms with Gasteiger partial charge in [-0.1, -0.05) is 0 Å². The van der Waals surface area contributed by atoms with Gasteiger partial charge in [0.25, 0.3) is 0 Å².